The lowest BCUT2D eigenvalue weighted by Crippen LogP contribution is -2.06. The maximum atomic E-state index is 12.9. The Morgan fingerprint density at radius 3 is 3.00 bits per heavy atom. The molecule has 1 aliphatic rings. The van der Waals surface area contributed by atoms with Crippen LogP contribution >= 0.6 is 11.6 Å². The number of nitrogens with one attached hydrogen (secondary N) is 1. The highest BCUT2D eigenvalue weighted by molar-refractivity contribution is 6.33. The second-order valence-electron chi connectivity index (χ2n) is 4.50. The molecule has 0 unspecified atom stereocenters. The van der Waals surface area contributed by atoms with Crippen LogP contribution in [0, 0.1) is 5.82 Å². The molecule has 0 aliphatic heterocycles. The monoisotopic (exact) mass is 265 g/mol. The molecule has 1 N–H and O–H groups in total. The first-order chi connectivity index (χ1) is 8.74. The normalized spacial score (nSPS) is 14.8. The second-order valence-corrected chi connectivity index (χ2v) is 4.91. The fourth-order valence-electron chi connectivity index (χ4n) is 1.97. The highest BCUT2D eigenvalue weighted by Gasteiger charge is 2.24. The molecule has 0 radical (unpaired) electrons. The van der Waals surface area contributed by atoms with Gasteiger partial charge in [0, 0.05) is 12.2 Å². The Morgan fingerprint density at radius 1 is 1.44 bits per heavy atom. The van der Waals surface area contributed by atoms with E-state index in [1.165, 1.54) is 25.0 Å². The lowest BCUT2D eigenvalue weighted by Gasteiger charge is -2.10. The first-order valence-electron chi connectivity index (χ1n) is 5.93. The second kappa shape index (κ2) is 4.61. The van der Waals surface area contributed by atoms with E-state index in [0.29, 0.717) is 17.6 Å². The van der Waals surface area contributed by atoms with Crippen molar-refractivity contribution in [2.45, 2.75) is 25.4 Å². The molecule has 94 valence electrons. The van der Waals surface area contributed by atoms with E-state index in [1.807, 2.05) is 12.5 Å². The number of hydrogen-bond donors (Lipinski definition) is 1. The van der Waals surface area contributed by atoms with Crippen LogP contribution in [0.25, 0.3) is 0 Å². The minimum absolute atomic E-state index is 0.325. The molecule has 0 spiro atoms. The summed E-state index contributed by atoms with van der Waals surface area (Å²) in [5.41, 5.74) is 1.86. The fraction of sp³-hybridized carbons (Fsp3) is 0.308. The van der Waals surface area contributed by atoms with E-state index >= 15 is 0 Å². The summed E-state index contributed by atoms with van der Waals surface area (Å²) in [5, 5.41) is 3.60. The summed E-state index contributed by atoms with van der Waals surface area (Å²) in [6, 6.07) is 4.96. The van der Waals surface area contributed by atoms with E-state index in [4.69, 9.17) is 11.6 Å². The number of halogens is 2. The Labute approximate surface area is 110 Å². The SMILES string of the molecule is Fc1ccc(NCc2cncn2C2CC2)c(Cl)c1. The molecule has 0 saturated heterocycles. The van der Waals surface area contributed by atoms with Gasteiger partial charge in [-0.2, -0.15) is 0 Å². The summed E-state index contributed by atoms with van der Waals surface area (Å²) >= 11 is 5.96. The maximum absolute atomic E-state index is 12.9. The molecule has 1 fully saturated rings. The Hall–Kier alpha value is -1.55. The molecular weight excluding hydrogens is 253 g/mol. The van der Waals surface area contributed by atoms with Crippen LogP contribution < -0.4 is 5.32 Å². The Bertz CT molecular complexity index is 563. The third-order valence-corrected chi connectivity index (χ3v) is 3.39. The first-order valence-corrected chi connectivity index (χ1v) is 6.31. The van der Waals surface area contributed by atoms with E-state index in [1.54, 1.807) is 6.07 Å². The van der Waals surface area contributed by atoms with Crippen molar-refractivity contribution >= 4 is 17.3 Å². The standard InChI is InChI=1S/C13H13ClFN3/c14-12-5-9(15)1-4-13(12)17-7-11-6-16-8-18(11)10-2-3-10/h1,4-6,8,10,17H,2-3,7H2. The van der Waals surface area contributed by atoms with E-state index in [0.717, 1.165) is 11.4 Å². The Morgan fingerprint density at radius 2 is 2.28 bits per heavy atom. The molecule has 1 heterocycles. The van der Waals surface area contributed by atoms with Crippen LogP contribution in [0.4, 0.5) is 10.1 Å². The van der Waals surface area contributed by atoms with Crippen LogP contribution in [0.2, 0.25) is 5.02 Å². The smallest absolute Gasteiger partial charge is 0.124 e. The zero-order valence-corrected chi connectivity index (χ0v) is 10.5. The molecule has 1 saturated carbocycles. The van der Waals surface area contributed by atoms with Gasteiger partial charge >= 0.3 is 0 Å². The summed E-state index contributed by atoms with van der Waals surface area (Å²) in [4.78, 5) is 4.16. The van der Waals surface area contributed by atoms with E-state index in [-0.39, 0.29) is 5.82 Å². The molecule has 0 amide bonds. The number of benzene rings is 1. The van der Waals surface area contributed by atoms with Gasteiger partial charge in [-0.1, -0.05) is 11.6 Å². The molecule has 2 aromatic rings. The van der Waals surface area contributed by atoms with E-state index in [9.17, 15) is 4.39 Å². The predicted molar refractivity (Wildman–Crippen MR) is 69.2 cm³/mol. The molecule has 3 rings (SSSR count). The molecule has 18 heavy (non-hydrogen) atoms. The lowest BCUT2D eigenvalue weighted by molar-refractivity contribution is 0.628. The van der Waals surface area contributed by atoms with Crippen molar-refractivity contribution in [1.82, 2.24) is 9.55 Å². The fourth-order valence-corrected chi connectivity index (χ4v) is 2.20. The Balaban J connectivity index is 1.71. The minimum Gasteiger partial charge on any atom is -0.378 e. The highest BCUT2D eigenvalue weighted by atomic mass is 35.5. The summed E-state index contributed by atoms with van der Waals surface area (Å²) in [5.74, 6) is -0.325. The van der Waals surface area contributed by atoms with E-state index in [2.05, 4.69) is 14.9 Å². The Kier molecular flexibility index (Phi) is 2.96. The van der Waals surface area contributed by atoms with Crippen molar-refractivity contribution in [1.29, 1.82) is 0 Å². The van der Waals surface area contributed by atoms with Crippen molar-refractivity contribution in [3.8, 4) is 0 Å². The van der Waals surface area contributed by atoms with Crippen molar-refractivity contribution in [2.75, 3.05) is 5.32 Å². The summed E-state index contributed by atoms with van der Waals surface area (Å²) in [6.45, 7) is 0.641. The van der Waals surface area contributed by atoms with Crippen LogP contribution in [0.3, 0.4) is 0 Å². The number of nitrogens with zero attached hydrogens (tertiary/aromatic N) is 2. The molecule has 1 aliphatic carbocycles. The van der Waals surface area contributed by atoms with Gasteiger partial charge in [-0.25, -0.2) is 9.37 Å². The first kappa shape index (κ1) is 11.5. The van der Waals surface area contributed by atoms with Crippen molar-refractivity contribution in [3.63, 3.8) is 0 Å². The summed E-state index contributed by atoms with van der Waals surface area (Å²) < 4.78 is 15.1. The van der Waals surface area contributed by atoms with Crippen LogP contribution in [0.15, 0.2) is 30.7 Å². The molecular formula is C13H13ClFN3. The zero-order valence-electron chi connectivity index (χ0n) is 9.74. The van der Waals surface area contributed by atoms with Gasteiger partial charge in [0.1, 0.15) is 5.82 Å². The molecule has 0 atom stereocenters. The summed E-state index contributed by atoms with van der Waals surface area (Å²) in [6.07, 6.45) is 6.16. The molecule has 3 nitrogen and oxygen atoms in total. The van der Waals surface area contributed by atoms with Crippen LogP contribution in [0.1, 0.15) is 24.6 Å². The van der Waals surface area contributed by atoms with Crippen LogP contribution in [-0.4, -0.2) is 9.55 Å². The average molecular weight is 266 g/mol. The van der Waals surface area contributed by atoms with Gasteiger partial charge in [0.25, 0.3) is 0 Å². The molecule has 1 aromatic heterocycles. The number of anilines is 1. The van der Waals surface area contributed by atoms with Gasteiger partial charge in [-0.3, -0.25) is 0 Å². The number of rotatable bonds is 4. The minimum atomic E-state index is -0.325. The largest absolute Gasteiger partial charge is 0.378 e. The third-order valence-electron chi connectivity index (χ3n) is 3.08. The number of aromatic nitrogens is 2. The van der Waals surface area contributed by atoms with Crippen molar-refractivity contribution in [3.05, 3.63) is 47.3 Å². The maximum Gasteiger partial charge on any atom is 0.124 e. The van der Waals surface area contributed by atoms with Crippen molar-refractivity contribution < 1.29 is 4.39 Å². The molecule has 1 aromatic carbocycles. The average Bonchev–Trinajstić information content (AvgIpc) is 3.08. The molecule has 5 heteroatoms. The van der Waals surface area contributed by atoms with Crippen molar-refractivity contribution in [2.24, 2.45) is 0 Å². The van der Waals surface area contributed by atoms with Crippen LogP contribution in [0.5, 0.6) is 0 Å². The number of hydrogen-bond acceptors (Lipinski definition) is 2. The van der Waals surface area contributed by atoms with Gasteiger partial charge in [-0.05, 0) is 31.0 Å². The zero-order chi connectivity index (χ0) is 12.5. The van der Waals surface area contributed by atoms with E-state index < -0.39 is 0 Å². The van der Waals surface area contributed by atoms with Gasteiger partial charge in [0.2, 0.25) is 0 Å². The molecule has 0 bridgehead atoms. The lowest BCUT2D eigenvalue weighted by atomic mass is 10.3. The topological polar surface area (TPSA) is 29.9 Å². The van der Waals surface area contributed by atoms with Gasteiger partial charge in [0.15, 0.2) is 0 Å². The third kappa shape index (κ3) is 2.34. The van der Waals surface area contributed by atoms with Gasteiger partial charge in [0.05, 0.1) is 29.3 Å². The van der Waals surface area contributed by atoms with Gasteiger partial charge in [-0.15, -0.1) is 0 Å². The van der Waals surface area contributed by atoms with Crippen LogP contribution in [-0.2, 0) is 6.54 Å². The predicted octanol–water partition coefficient (Wildman–Crippen LogP) is 3.62. The highest BCUT2D eigenvalue weighted by Crippen LogP contribution is 2.35. The number of imidazole rings is 1. The summed E-state index contributed by atoms with van der Waals surface area (Å²) in [7, 11) is 0. The van der Waals surface area contributed by atoms with Gasteiger partial charge < -0.3 is 9.88 Å². The quantitative estimate of drug-likeness (QED) is 0.915.